The molecular formula is C20H16N4. The first-order valence-electron chi connectivity index (χ1n) is 7.87. The van der Waals surface area contributed by atoms with Crippen molar-refractivity contribution in [3.63, 3.8) is 0 Å². The molecule has 0 spiro atoms. The third-order valence-electron chi connectivity index (χ3n) is 3.96. The van der Waals surface area contributed by atoms with Crippen LogP contribution in [0.3, 0.4) is 0 Å². The van der Waals surface area contributed by atoms with E-state index >= 15 is 0 Å². The maximum absolute atomic E-state index is 4.27. The minimum atomic E-state index is 0.645. The van der Waals surface area contributed by atoms with Crippen LogP contribution < -0.4 is 0 Å². The van der Waals surface area contributed by atoms with Gasteiger partial charge in [-0.2, -0.15) is 0 Å². The molecule has 0 bridgehead atoms. The van der Waals surface area contributed by atoms with Gasteiger partial charge in [0.1, 0.15) is 0 Å². The summed E-state index contributed by atoms with van der Waals surface area (Å²) in [6, 6.07) is 28.7. The van der Waals surface area contributed by atoms with Gasteiger partial charge in [0.25, 0.3) is 0 Å². The van der Waals surface area contributed by atoms with Crippen molar-refractivity contribution in [2.75, 3.05) is 0 Å². The molecule has 4 aromatic rings. The number of rotatable bonds is 4. The Kier molecular flexibility index (Phi) is 3.86. The van der Waals surface area contributed by atoms with Gasteiger partial charge in [0, 0.05) is 5.56 Å². The Morgan fingerprint density at radius 3 is 2.04 bits per heavy atom. The Labute approximate surface area is 140 Å². The molecule has 0 aliphatic heterocycles. The van der Waals surface area contributed by atoms with Crippen LogP contribution in [-0.2, 0) is 6.54 Å². The molecule has 0 aliphatic rings. The molecule has 4 rings (SSSR count). The molecule has 0 saturated carbocycles. The van der Waals surface area contributed by atoms with Gasteiger partial charge in [-0.15, -0.1) is 5.10 Å². The van der Waals surface area contributed by atoms with Gasteiger partial charge in [-0.25, -0.2) is 4.68 Å². The molecule has 0 atom stereocenters. The average Bonchev–Trinajstić information content (AvgIpc) is 3.11. The minimum Gasteiger partial charge on any atom is -0.221 e. The highest BCUT2D eigenvalue weighted by Gasteiger charge is 2.14. The van der Waals surface area contributed by atoms with Crippen molar-refractivity contribution >= 4 is 0 Å². The smallest absolute Gasteiger partial charge is 0.182 e. The van der Waals surface area contributed by atoms with E-state index in [1.54, 1.807) is 0 Å². The molecule has 0 radical (unpaired) electrons. The highest BCUT2D eigenvalue weighted by atomic mass is 15.5. The topological polar surface area (TPSA) is 43.6 Å². The van der Waals surface area contributed by atoms with E-state index in [-0.39, 0.29) is 0 Å². The molecule has 24 heavy (non-hydrogen) atoms. The van der Waals surface area contributed by atoms with E-state index in [0.29, 0.717) is 6.54 Å². The van der Waals surface area contributed by atoms with Crippen LogP contribution in [0.15, 0.2) is 84.9 Å². The van der Waals surface area contributed by atoms with Gasteiger partial charge in [-0.3, -0.25) is 0 Å². The van der Waals surface area contributed by atoms with E-state index in [1.807, 2.05) is 53.2 Å². The van der Waals surface area contributed by atoms with E-state index in [9.17, 15) is 0 Å². The third kappa shape index (κ3) is 2.82. The zero-order valence-corrected chi connectivity index (χ0v) is 13.1. The second-order valence-electron chi connectivity index (χ2n) is 5.56. The monoisotopic (exact) mass is 312 g/mol. The standard InChI is InChI=1S/C20H16N4/c1-3-9-16(10-4-1)15-24-20(21-22-23-24)19-14-8-7-13-18(19)17-11-5-2-6-12-17/h1-14H,15H2. The summed E-state index contributed by atoms with van der Waals surface area (Å²) in [6.07, 6.45) is 0. The van der Waals surface area contributed by atoms with Crippen LogP contribution in [0, 0.1) is 0 Å². The first-order chi connectivity index (χ1) is 11.9. The van der Waals surface area contributed by atoms with Gasteiger partial charge >= 0.3 is 0 Å². The van der Waals surface area contributed by atoms with E-state index in [2.05, 4.69) is 51.9 Å². The van der Waals surface area contributed by atoms with Crippen molar-refractivity contribution < 1.29 is 0 Å². The van der Waals surface area contributed by atoms with Gasteiger partial charge in [-0.05, 0) is 27.1 Å². The molecule has 4 heteroatoms. The number of benzene rings is 3. The van der Waals surface area contributed by atoms with Crippen molar-refractivity contribution in [2.45, 2.75) is 6.54 Å². The van der Waals surface area contributed by atoms with E-state index in [1.165, 1.54) is 5.56 Å². The minimum absolute atomic E-state index is 0.645. The van der Waals surface area contributed by atoms with Crippen molar-refractivity contribution in [2.24, 2.45) is 0 Å². The predicted octanol–water partition coefficient (Wildman–Crippen LogP) is 4.06. The molecule has 0 amide bonds. The lowest BCUT2D eigenvalue weighted by Crippen LogP contribution is -2.04. The van der Waals surface area contributed by atoms with Crippen molar-refractivity contribution in [3.8, 4) is 22.5 Å². The Bertz CT molecular complexity index is 930. The fourth-order valence-electron chi connectivity index (χ4n) is 2.81. The fraction of sp³-hybridized carbons (Fsp3) is 0.0500. The largest absolute Gasteiger partial charge is 0.221 e. The van der Waals surface area contributed by atoms with E-state index in [0.717, 1.165) is 22.5 Å². The molecule has 0 N–H and O–H groups in total. The highest BCUT2D eigenvalue weighted by molar-refractivity contribution is 5.80. The van der Waals surface area contributed by atoms with Crippen LogP contribution in [0.5, 0.6) is 0 Å². The number of aromatic nitrogens is 4. The van der Waals surface area contributed by atoms with Gasteiger partial charge in [0.2, 0.25) is 0 Å². The Hall–Kier alpha value is -3.27. The molecule has 0 aliphatic carbocycles. The summed E-state index contributed by atoms with van der Waals surface area (Å²) < 4.78 is 1.84. The van der Waals surface area contributed by atoms with E-state index in [4.69, 9.17) is 0 Å². The summed E-state index contributed by atoms with van der Waals surface area (Å²) >= 11 is 0. The number of tetrazole rings is 1. The quantitative estimate of drug-likeness (QED) is 0.571. The summed E-state index contributed by atoms with van der Waals surface area (Å²) in [5, 5.41) is 12.3. The van der Waals surface area contributed by atoms with Gasteiger partial charge in [0.15, 0.2) is 5.82 Å². The van der Waals surface area contributed by atoms with E-state index < -0.39 is 0 Å². The number of hydrogen-bond acceptors (Lipinski definition) is 3. The molecule has 1 aromatic heterocycles. The number of nitrogens with zero attached hydrogens (tertiary/aromatic N) is 4. The first-order valence-corrected chi connectivity index (χ1v) is 7.87. The molecule has 0 fully saturated rings. The molecule has 4 nitrogen and oxygen atoms in total. The zero-order chi connectivity index (χ0) is 16.2. The molecule has 1 heterocycles. The second kappa shape index (κ2) is 6.46. The SMILES string of the molecule is c1ccc(Cn2nnnc2-c2ccccc2-c2ccccc2)cc1. The predicted molar refractivity (Wildman–Crippen MR) is 94.2 cm³/mol. The molecule has 0 unspecified atom stereocenters. The maximum atomic E-state index is 4.27. The lowest BCUT2D eigenvalue weighted by molar-refractivity contribution is 0.653. The zero-order valence-electron chi connectivity index (χ0n) is 13.1. The number of hydrogen-bond donors (Lipinski definition) is 0. The lowest BCUT2D eigenvalue weighted by atomic mass is 9.99. The van der Waals surface area contributed by atoms with Gasteiger partial charge in [0.05, 0.1) is 6.54 Å². The van der Waals surface area contributed by atoms with Gasteiger partial charge < -0.3 is 0 Å². The molecular weight excluding hydrogens is 296 g/mol. The van der Waals surface area contributed by atoms with Crippen LogP contribution >= 0.6 is 0 Å². The first kappa shape index (κ1) is 14.3. The highest BCUT2D eigenvalue weighted by Crippen LogP contribution is 2.30. The van der Waals surface area contributed by atoms with Crippen LogP contribution in [0.4, 0.5) is 0 Å². The summed E-state index contributed by atoms with van der Waals surface area (Å²) in [5.74, 6) is 0.776. The maximum Gasteiger partial charge on any atom is 0.182 e. The van der Waals surface area contributed by atoms with Gasteiger partial charge in [-0.1, -0.05) is 84.9 Å². The third-order valence-corrected chi connectivity index (χ3v) is 3.96. The lowest BCUT2D eigenvalue weighted by Gasteiger charge is -2.10. The average molecular weight is 312 g/mol. The van der Waals surface area contributed by atoms with Crippen LogP contribution in [-0.4, -0.2) is 20.2 Å². The summed E-state index contributed by atoms with van der Waals surface area (Å²) in [6.45, 7) is 0.645. The summed E-state index contributed by atoms with van der Waals surface area (Å²) in [7, 11) is 0. The normalized spacial score (nSPS) is 10.7. The fourth-order valence-corrected chi connectivity index (χ4v) is 2.81. The summed E-state index contributed by atoms with van der Waals surface area (Å²) in [4.78, 5) is 0. The Morgan fingerprint density at radius 1 is 0.667 bits per heavy atom. The van der Waals surface area contributed by atoms with Crippen molar-refractivity contribution in [1.29, 1.82) is 0 Å². The van der Waals surface area contributed by atoms with Crippen LogP contribution in [0.2, 0.25) is 0 Å². The molecule has 116 valence electrons. The Balaban J connectivity index is 1.77. The van der Waals surface area contributed by atoms with Crippen molar-refractivity contribution in [1.82, 2.24) is 20.2 Å². The summed E-state index contributed by atoms with van der Waals surface area (Å²) in [5.41, 5.74) is 4.48. The molecule has 3 aromatic carbocycles. The van der Waals surface area contributed by atoms with Crippen molar-refractivity contribution in [3.05, 3.63) is 90.5 Å². The van der Waals surface area contributed by atoms with Crippen LogP contribution in [0.1, 0.15) is 5.56 Å². The van der Waals surface area contributed by atoms with Crippen LogP contribution in [0.25, 0.3) is 22.5 Å². The molecule has 0 saturated heterocycles. The second-order valence-corrected chi connectivity index (χ2v) is 5.56. The Morgan fingerprint density at radius 2 is 1.29 bits per heavy atom.